The van der Waals surface area contributed by atoms with Gasteiger partial charge in [-0.25, -0.2) is 13.2 Å². The zero-order valence-electron chi connectivity index (χ0n) is 11.0. The van der Waals surface area contributed by atoms with Gasteiger partial charge in [-0.15, -0.1) is 0 Å². The van der Waals surface area contributed by atoms with Crippen LogP contribution in [0.1, 0.15) is 31.2 Å². The van der Waals surface area contributed by atoms with Crippen LogP contribution in [0.4, 0.5) is 24.5 Å². The van der Waals surface area contributed by atoms with Crippen molar-refractivity contribution in [3.05, 3.63) is 23.5 Å². The Kier molecular flexibility index (Phi) is 2.59. The smallest absolute Gasteiger partial charge is 0.248 e. The number of hydrogen-bond acceptors (Lipinski definition) is 2. The Balaban J connectivity index is 2.14. The van der Waals surface area contributed by atoms with Crippen molar-refractivity contribution < 1.29 is 18.0 Å². The summed E-state index contributed by atoms with van der Waals surface area (Å²) in [7, 11) is 1.47. The van der Waals surface area contributed by atoms with Crippen molar-refractivity contribution in [2.75, 3.05) is 17.7 Å². The SMILES string of the molecule is CN1C(=O)C2(CCC(F)(F)CC2)c2cc(N)cc(F)c21. The second kappa shape index (κ2) is 3.90. The van der Waals surface area contributed by atoms with Gasteiger partial charge in [-0.2, -0.15) is 0 Å². The highest BCUT2D eigenvalue weighted by molar-refractivity contribution is 6.08. The number of nitrogen functional groups attached to an aromatic ring is 1. The van der Waals surface area contributed by atoms with Crippen molar-refractivity contribution in [2.24, 2.45) is 0 Å². The van der Waals surface area contributed by atoms with Crippen molar-refractivity contribution in [2.45, 2.75) is 37.0 Å². The zero-order valence-corrected chi connectivity index (χ0v) is 11.0. The number of rotatable bonds is 0. The summed E-state index contributed by atoms with van der Waals surface area (Å²) >= 11 is 0. The van der Waals surface area contributed by atoms with Gasteiger partial charge in [0.25, 0.3) is 0 Å². The van der Waals surface area contributed by atoms with Crippen molar-refractivity contribution in [1.29, 1.82) is 0 Å². The molecule has 1 fully saturated rings. The summed E-state index contributed by atoms with van der Waals surface area (Å²) in [6.45, 7) is 0. The van der Waals surface area contributed by atoms with Crippen molar-refractivity contribution in [3.63, 3.8) is 0 Å². The molecule has 108 valence electrons. The average molecular weight is 284 g/mol. The summed E-state index contributed by atoms with van der Waals surface area (Å²) in [6, 6.07) is 2.70. The Morgan fingerprint density at radius 1 is 1.20 bits per heavy atom. The molecular weight excluding hydrogens is 269 g/mol. The molecule has 0 atom stereocenters. The number of benzene rings is 1. The number of carbonyl (C=O) groups excluding carboxylic acids is 1. The number of nitrogens with zero attached hydrogens (tertiary/aromatic N) is 1. The predicted molar refractivity (Wildman–Crippen MR) is 69.3 cm³/mol. The van der Waals surface area contributed by atoms with Crippen LogP contribution in [0.5, 0.6) is 0 Å². The Hall–Kier alpha value is -1.72. The second-order valence-electron chi connectivity index (χ2n) is 5.70. The second-order valence-corrected chi connectivity index (χ2v) is 5.70. The van der Waals surface area contributed by atoms with E-state index >= 15 is 0 Å². The lowest BCUT2D eigenvalue weighted by Gasteiger charge is -2.36. The third-order valence-electron chi connectivity index (χ3n) is 4.49. The first-order valence-corrected chi connectivity index (χ1v) is 6.52. The van der Waals surface area contributed by atoms with Crippen LogP contribution < -0.4 is 10.6 Å². The van der Waals surface area contributed by atoms with Crippen LogP contribution in [0, 0.1) is 5.82 Å². The van der Waals surface area contributed by atoms with E-state index in [1.807, 2.05) is 0 Å². The Labute approximate surface area is 114 Å². The van der Waals surface area contributed by atoms with Gasteiger partial charge in [0.1, 0.15) is 5.82 Å². The lowest BCUT2D eigenvalue weighted by atomic mass is 9.69. The molecule has 1 aliphatic heterocycles. The topological polar surface area (TPSA) is 46.3 Å². The molecule has 0 radical (unpaired) electrons. The Bertz CT molecular complexity index is 590. The molecule has 1 aliphatic carbocycles. The van der Waals surface area contributed by atoms with Crippen molar-refractivity contribution in [1.82, 2.24) is 0 Å². The van der Waals surface area contributed by atoms with Crippen LogP contribution in [0.2, 0.25) is 0 Å². The number of anilines is 2. The van der Waals surface area contributed by atoms with E-state index in [0.717, 1.165) is 6.07 Å². The fraction of sp³-hybridized carbons (Fsp3) is 0.500. The van der Waals surface area contributed by atoms with Gasteiger partial charge in [-0.1, -0.05) is 0 Å². The number of fused-ring (bicyclic) bond motifs is 2. The minimum atomic E-state index is -2.74. The maximum atomic E-state index is 14.0. The number of nitrogens with two attached hydrogens (primary N) is 1. The molecule has 0 saturated heterocycles. The molecule has 3 nitrogen and oxygen atoms in total. The van der Waals surface area contributed by atoms with Crippen molar-refractivity contribution >= 4 is 17.3 Å². The first-order chi connectivity index (χ1) is 9.27. The summed E-state index contributed by atoms with van der Waals surface area (Å²) in [4.78, 5) is 13.7. The van der Waals surface area contributed by atoms with Gasteiger partial charge in [-0.05, 0) is 30.5 Å². The van der Waals surface area contributed by atoms with Gasteiger partial charge in [-0.3, -0.25) is 4.79 Å². The van der Waals surface area contributed by atoms with E-state index in [0.29, 0.717) is 5.56 Å². The van der Waals surface area contributed by atoms with E-state index < -0.39 is 17.2 Å². The third-order valence-corrected chi connectivity index (χ3v) is 4.49. The lowest BCUT2D eigenvalue weighted by molar-refractivity contribution is -0.127. The number of amides is 1. The van der Waals surface area contributed by atoms with Crippen LogP contribution in [-0.2, 0) is 10.2 Å². The van der Waals surface area contributed by atoms with Gasteiger partial charge in [0, 0.05) is 25.6 Å². The molecule has 1 aromatic rings. The van der Waals surface area contributed by atoms with Gasteiger partial charge in [0.15, 0.2) is 0 Å². The van der Waals surface area contributed by atoms with Gasteiger partial charge < -0.3 is 10.6 Å². The zero-order chi connectivity index (χ0) is 14.7. The minimum absolute atomic E-state index is 0.0269. The van der Waals surface area contributed by atoms with Gasteiger partial charge in [0.05, 0.1) is 11.1 Å². The third kappa shape index (κ3) is 1.63. The Morgan fingerprint density at radius 2 is 1.80 bits per heavy atom. The van der Waals surface area contributed by atoms with Gasteiger partial charge in [0.2, 0.25) is 11.8 Å². The summed E-state index contributed by atoms with van der Waals surface area (Å²) in [5.41, 5.74) is 5.45. The summed E-state index contributed by atoms with van der Waals surface area (Å²) in [5, 5.41) is 0. The first-order valence-electron chi connectivity index (χ1n) is 6.52. The largest absolute Gasteiger partial charge is 0.399 e. The van der Waals surface area contributed by atoms with Crippen LogP contribution in [0.15, 0.2) is 12.1 Å². The molecule has 1 saturated carbocycles. The average Bonchev–Trinajstić information content (AvgIpc) is 2.56. The number of likely N-dealkylation sites (N-methyl/N-ethyl adjacent to an activating group) is 1. The fourth-order valence-corrected chi connectivity index (χ4v) is 3.39. The summed E-state index contributed by atoms with van der Waals surface area (Å²) < 4.78 is 40.8. The standard InChI is InChI=1S/C14H15F3N2O/c1-19-11-9(6-8(18)7-10(11)15)13(12(19)20)2-4-14(16,17)5-3-13/h6-7H,2-5,18H2,1H3. The Morgan fingerprint density at radius 3 is 2.40 bits per heavy atom. The molecule has 20 heavy (non-hydrogen) atoms. The van der Waals surface area contributed by atoms with Crippen LogP contribution >= 0.6 is 0 Å². The van der Waals surface area contributed by atoms with E-state index in [1.165, 1.54) is 11.9 Å². The molecule has 1 heterocycles. The van der Waals surface area contributed by atoms with Crippen molar-refractivity contribution in [3.8, 4) is 0 Å². The maximum absolute atomic E-state index is 14.0. The van der Waals surface area contributed by atoms with E-state index in [2.05, 4.69) is 0 Å². The van der Waals surface area contributed by atoms with E-state index in [9.17, 15) is 18.0 Å². The van der Waals surface area contributed by atoms with E-state index in [4.69, 9.17) is 5.73 Å². The molecule has 0 bridgehead atoms. The quantitative estimate of drug-likeness (QED) is 0.745. The highest BCUT2D eigenvalue weighted by atomic mass is 19.3. The minimum Gasteiger partial charge on any atom is -0.399 e. The normalized spacial score (nSPS) is 23.2. The number of halogens is 3. The molecule has 1 aromatic carbocycles. The molecule has 0 aromatic heterocycles. The maximum Gasteiger partial charge on any atom is 0.248 e. The summed E-state index contributed by atoms with van der Waals surface area (Å²) in [6.07, 6.45) is -0.664. The van der Waals surface area contributed by atoms with E-state index in [-0.39, 0.29) is 43.0 Å². The molecule has 1 amide bonds. The number of carbonyl (C=O) groups is 1. The van der Waals surface area contributed by atoms with Gasteiger partial charge >= 0.3 is 0 Å². The highest BCUT2D eigenvalue weighted by Crippen LogP contribution is 2.53. The number of alkyl halides is 2. The number of hydrogen-bond donors (Lipinski definition) is 1. The lowest BCUT2D eigenvalue weighted by Crippen LogP contribution is -2.44. The van der Waals surface area contributed by atoms with Crippen LogP contribution in [-0.4, -0.2) is 18.9 Å². The molecular formula is C14H15F3N2O. The van der Waals surface area contributed by atoms with Crippen LogP contribution in [0.3, 0.4) is 0 Å². The monoisotopic (exact) mass is 284 g/mol. The molecule has 2 N–H and O–H groups in total. The molecule has 3 rings (SSSR count). The fourth-order valence-electron chi connectivity index (χ4n) is 3.39. The highest BCUT2D eigenvalue weighted by Gasteiger charge is 2.55. The molecule has 6 heteroatoms. The first kappa shape index (κ1) is 13.3. The molecule has 2 aliphatic rings. The molecule has 1 spiro atoms. The molecule has 0 unspecified atom stereocenters. The predicted octanol–water partition coefficient (Wildman–Crippen LogP) is 2.83. The van der Waals surface area contributed by atoms with E-state index in [1.54, 1.807) is 6.07 Å². The summed E-state index contributed by atoms with van der Waals surface area (Å²) in [5.74, 6) is -3.64. The van der Waals surface area contributed by atoms with Crippen LogP contribution in [0.25, 0.3) is 0 Å².